The van der Waals surface area contributed by atoms with Gasteiger partial charge in [-0.3, -0.25) is 4.79 Å². The van der Waals surface area contributed by atoms with Crippen LogP contribution in [-0.2, 0) is 13.0 Å². The molecule has 156 valence electrons. The maximum atomic E-state index is 11.8. The minimum Gasteiger partial charge on any atom is -0.494 e. The van der Waals surface area contributed by atoms with Crippen molar-refractivity contribution in [2.45, 2.75) is 33.7 Å². The topological polar surface area (TPSA) is 74.8 Å². The molecule has 0 aromatic heterocycles. The van der Waals surface area contributed by atoms with Crippen LogP contribution in [0.4, 0.5) is 0 Å². The summed E-state index contributed by atoms with van der Waals surface area (Å²) in [5.74, 6) is 1.63. The Morgan fingerprint density at radius 2 is 1.90 bits per heavy atom. The first-order valence-electron chi connectivity index (χ1n) is 10.1. The standard InChI is InChI=1S/C23H32N4O2/c1-5-25-23(27-16-19-10-11-21(29-6-2)17(3)14-19)26-13-12-18-8-7-9-20(15-18)22(28)24-4/h7-11,14-15H,5-6,12-13,16H2,1-4H3,(H,24,28)(H2,25,26,27). The molecule has 2 aromatic rings. The van der Waals surface area contributed by atoms with Gasteiger partial charge in [0.1, 0.15) is 5.75 Å². The number of guanidine groups is 1. The number of carbonyl (C=O) groups excluding carboxylic acids is 1. The van der Waals surface area contributed by atoms with Crippen molar-refractivity contribution in [1.82, 2.24) is 16.0 Å². The molecule has 0 radical (unpaired) electrons. The fraction of sp³-hybridized carbons (Fsp3) is 0.391. The summed E-state index contributed by atoms with van der Waals surface area (Å²) in [5.41, 5.74) is 4.04. The lowest BCUT2D eigenvalue weighted by Gasteiger charge is -2.12. The van der Waals surface area contributed by atoms with Crippen molar-refractivity contribution in [2.24, 2.45) is 4.99 Å². The smallest absolute Gasteiger partial charge is 0.251 e. The molecule has 0 unspecified atom stereocenters. The van der Waals surface area contributed by atoms with Gasteiger partial charge in [-0.2, -0.15) is 0 Å². The molecule has 1 amide bonds. The molecule has 6 heteroatoms. The Hall–Kier alpha value is -3.02. The van der Waals surface area contributed by atoms with Gasteiger partial charge < -0.3 is 20.7 Å². The largest absolute Gasteiger partial charge is 0.494 e. The minimum absolute atomic E-state index is 0.0691. The first kappa shape index (κ1) is 22.3. The van der Waals surface area contributed by atoms with Gasteiger partial charge in [-0.05, 0) is 62.1 Å². The molecule has 0 spiro atoms. The van der Waals surface area contributed by atoms with Crippen LogP contribution in [-0.4, -0.2) is 38.6 Å². The molecule has 0 atom stereocenters. The van der Waals surface area contributed by atoms with Crippen LogP contribution >= 0.6 is 0 Å². The summed E-state index contributed by atoms with van der Waals surface area (Å²) < 4.78 is 5.60. The number of hydrogen-bond donors (Lipinski definition) is 3. The average molecular weight is 397 g/mol. The van der Waals surface area contributed by atoms with E-state index in [0.717, 1.165) is 47.9 Å². The van der Waals surface area contributed by atoms with Crippen LogP contribution in [0.3, 0.4) is 0 Å². The Bertz CT molecular complexity index is 833. The summed E-state index contributed by atoms with van der Waals surface area (Å²) in [5, 5.41) is 9.29. The molecule has 0 aliphatic carbocycles. The van der Waals surface area contributed by atoms with E-state index >= 15 is 0 Å². The van der Waals surface area contributed by atoms with Crippen LogP contribution in [0.25, 0.3) is 0 Å². The lowest BCUT2D eigenvalue weighted by Crippen LogP contribution is -2.38. The number of benzene rings is 2. The van der Waals surface area contributed by atoms with Crippen molar-refractivity contribution < 1.29 is 9.53 Å². The first-order valence-corrected chi connectivity index (χ1v) is 10.1. The summed E-state index contributed by atoms with van der Waals surface area (Å²) in [7, 11) is 1.64. The Balaban J connectivity index is 1.94. The number of nitrogens with zero attached hydrogens (tertiary/aromatic N) is 1. The van der Waals surface area contributed by atoms with Gasteiger partial charge in [0.2, 0.25) is 0 Å². The second-order valence-electron chi connectivity index (χ2n) is 6.68. The van der Waals surface area contributed by atoms with Crippen molar-refractivity contribution in [2.75, 3.05) is 26.7 Å². The molecule has 0 bridgehead atoms. The van der Waals surface area contributed by atoms with Crippen molar-refractivity contribution in [3.05, 3.63) is 64.7 Å². The number of nitrogens with one attached hydrogen (secondary N) is 3. The molecular weight excluding hydrogens is 364 g/mol. The van der Waals surface area contributed by atoms with Crippen molar-refractivity contribution >= 4 is 11.9 Å². The highest BCUT2D eigenvalue weighted by Crippen LogP contribution is 2.19. The number of amides is 1. The molecule has 0 heterocycles. The molecule has 2 aromatic carbocycles. The van der Waals surface area contributed by atoms with Crippen molar-refractivity contribution in [3.8, 4) is 5.75 Å². The van der Waals surface area contributed by atoms with E-state index in [1.165, 1.54) is 0 Å². The fourth-order valence-corrected chi connectivity index (χ4v) is 2.98. The molecular formula is C23H32N4O2. The second-order valence-corrected chi connectivity index (χ2v) is 6.68. The third-order valence-corrected chi connectivity index (χ3v) is 4.43. The molecule has 0 fully saturated rings. The molecule has 3 N–H and O–H groups in total. The quantitative estimate of drug-likeness (QED) is 0.450. The first-order chi connectivity index (χ1) is 14.1. The van der Waals surface area contributed by atoms with Gasteiger partial charge in [-0.15, -0.1) is 0 Å². The van der Waals surface area contributed by atoms with E-state index in [1.54, 1.807) is 7.05 Å². The van der Waals surface area contributed by atoms with Crippen LogP contribution in [0.15, 0.2) is 47.5 Å². The average Bonchev–Trinajstić information content (AvgIpc) is 2.73. The Kier molecular flexibility index (Phi) is 9.02. The lowest BCUT2D eigenvalue weighted by molar-refractivity contribution is 0.0963. The molecule has 0 saturated carbocycles. The zero-order chi connectivity index (χ0) is 21.1. The van der Waals surface area contributed by atoms with Gasteiger partial charge in [0.25, 0.3) is 5.91 Å². The zero-order valence-corrected chi connectivity index (χ0v) is 17.8. The van der Waals surface area contributed by atoms with Gasteiger partial charge >= 0.3 is 0 Å². The fourth-order valence-electron chi connectivity index (χ4n) is 2.98. The number of carbonyl (C=O) groups is 1. The number of aliphatic imine (C=N–C) groups is 1. The molecule has 2 rings (SSSR count). The SMILES string of the molecule is CCNC(=NCc1ccc(OCC)c(C)c1)NCCc1cccc(C(=O)NC)c1. The van der Waals surface area contributed by atoms with Crippen LogP contribution in [0.1, 0.15) is 40.9 Å². The Morgan fingerprint density at radius 3 is 2.59 bits per heavy atom. The van der Waals surface area contributed by atoms with E-state index in [1.807, 2.05) is 44.2 Å². The Labute approximate surface area is 173 Å². The molecule has 0 aliphatic rings. The van der Waals surface area contributed by atoms with Gasteiger partial charge in [0, 0.05) is 25.7 Å². The number of aryl methyl sites for hydroxylation is 1. The van der Waals surface area contributed by atoms with Crippen molar-refractivity contribution in [1.29, 1.82) is 0 Å². The van der Waals surface area contributed by atoms with Gasteiger partial charge in [0.05, 0.1) is 13.2 Å². The van der Waals surface area contributed by atoms with Gasteiger partial charge in [-0.25, -0.2) is 4.99 Å². The van der Waals surface area contributed by atoms with E-state index in [2.05, 4.69) is 40.0 Å². The zero-order valence-electron chi connectivity index (χ0n) is 17.8. The summed E-state index contributed by atoms with van der Waals surface area (Å²) in [4.78, 5) is 16.5. The molecule has 0 aliphatic heterocycles. The summed E-state index contributed by atoms with van der Waals surface area (Å²) >= 11 is 0. The predicted octanol–water partition coefficient (Wildman–Crippen LogP) is 3.05. The van der Waals surface area contributed by atoms with E-state index < -0.39 is 0 Å². The van der Waals surface area contributed by atoms with Crippen LogP contribution < -0.4 is 20.7 Å². The summed E-state index contributed by atoms with van der Waals surface area (Å²) in [6, 6.07) is 13.9. The summed E-state index contributed by atoms with van der Waals surface area (Å²) in [6.45, 7) is 8.86. The number of rotatable bonds is 9. The van der Waals surface area contributed by atoms with E-state index in [0.29, 0.717) is 18.7 Å². The molecule has 29 heavy (non-hydrogen) atoms. The summed E-state index contributed by atoms with van der Waals surface area (Å²) in [6.07, 6.45) is 0.803. The van der Waals surface area contributed by atoms with Gasteiger partial charge in [0.15, 0.2) is 5.96 Å². The molecule has 0 saturated heterocycles. The van der Waals surface area contributed by atoms with E-state index in [-0.39, 0.29) is 5.91 Å². The van der Waals surface area contributed by atoms with Crippen molar-refractivity contribution in [3.63, 3.8) is 0 Å². The maximum absolute atomic E-state index is 11.8. The van der Waals surface area contributed by atoms with Crippen LogP contribution in [0.5, 0.6) is 5.75 Å². The van der Waals surface area contributed by atoms with Gasteiger partial charge in [-0.1, -0.05) is 24.3 Å². The van der Waals surface area contributed by atoms with Crippen LogP contribution in [0.2, 0.25) is 0 Å². The molecule has 6 nitrogen and oxygen atoms in total. The second kappa shape index (κ2) is 11.7. The maximum Gasteiger partial charge on any atom is 0.251 e. The van der Waals surface area contributed by atoms with E-state index in [9.17, 15) is 4.79 Å². The number of ether oxygens (including phenoxy) is 1. The predicted molar refractivity (Wildman–Crippen MR) is 119 cm³/mol. The normalized spacial score (nSPS) is 11.1. The monoisotopic (exact) mass is 396 g/mol. The number of hydrogen-bond acceptors (Lipinski definition) is 3. The van der Waals surface area contributed by atoms with E-state index in [4.69, 9.17) is 4.74 Å². The third-order valence-electron chi connectivity index (χ3n) is 4.43. The Morgan fingerprint density at radius 1 is 1.07 bits per heavy atom. The highest BCUT2D eigenvalue weighted by Gasteiger charge is 2.05. The van der Waals surface area contributed by atoms with Crippen LogP contribution in [0, 0.1) is 6.92 Å². The lowest BCUT2D eigenvalue weighted by atomic mass is 10.1. The highest BCUT2D eigenvalue weighted by atomic mass is 16.5. The third kappa shape index (κ3) is 7.14. The minimum atomic E-state index is -0.0691. The highest BCUT2D eigenvalue weighted by molar-refractivity contribution is 5.94.